The maximum Gasteiger partial charge on any atom is 0.253 e. The molecule has 2 rings (SSSR count). The first kappa shape index (κ1) is 18.9. The van der Waals surface area contributed by atoms with Crippen LogP contribution in [-0.4, -0.2) is 40.4 Å². The van der Waals surface area contributed by atoms with Gasteiger partial charge in [-0.05, 0) is 47.2 Å². The van der Waals surface area contributed by atoms with Gasteiger partial charge in [-0.3, -0.25) is 4.79 Å². The summed E-state index contributed by atoms with van der Waals surface area (Å²) in [6.07, 6.45) is 0. The lowest BCUT2D eigenvalue weighted by Gasteiger charge is -2.17. The third-order valence-electron chi connectivity index (χ3n) is 3.33. The number of benzene rings is 1. The highest BCUT2D eigenvalue weighted by Crippen LogP contribution is 2.26. The van der Waals surface area contributed by atoms with Crippen molar-refractivity contribution < 1.29 is 17.9 Å². The molecule has 1 aromatic carbocycles. The largest absolute Gasteiger partial charge is 0.495 e. The number of hydrogen-bond acceptors (Lipinski definition) is 5. The van der Waals surface area contributed by atoms with Crippen LogP contribution < -0.4 is 9.46 Å². The Hall–Kier alpha value is -1.42. The SMILES string of the molecule is CNS(=O)(=O)c1cc(C(=O)N(C)Cc2cc(Br)cs2)ccc1OC. The van der Waals surface area contributed by atoms with Gasteiger partial charge in [0.15, 0.2) is 0 Å². The fourth-order valence-corrected chi connectivity index (χ4v) is 4.51. The number of nitrogens with one attached hydrogen (secondary N) is 1. The van der Waals surface area contributed by atoms with Gasteiger partial charge in [0.2, 0.25) is 10.0 Å². The predicted molar refractivity (Wildman–Crippen MR) is 97.1 cm³/mol. The fourth-order valence-electron chi connectivity index (χ4n) is 2.09. The highest BCUT2D eigenvalue weighted by Gasteiger charge is 2.21. The molecule has 0 bridgehead atoms. The number of ether oxygens (including phenoxy) is 1. The first-order chi connectivity index (χ1) is 11.3. The van der Waals surface area contributed by atoms with E-state index < -0.39 is 10.0 Å². The third kappa shape index (κ3) is 4.15. The summed E-state index contributed by atoms with van der Waals surface area (Å²) in [5.74, 6) is -0.0829. The van der Waals surface area contributed by atoms with Gasteiger partial charge < -0.3 is 9.64 Å². The molecule has 24 heavy (non-hydrogen) atoms. The average molecular weight is 433 g/mol. The molecule has 1 amide bonds. The zero-order valence-corrected chi connectivity index (χ0v) is 16.6. The van der Waals surface area contributed by atoms with Crippen molar-refractivity contribution in [2.24, 2.45) is 0 Å². The molecule has 6 nitrogen and oxygen atoms in total. The first-order valence-electron chi connectivity index (χ1n) is 6.88. The molecule has 0 saturated heterocycles. The molecular weight excluding hydrogens is 416 g/mol. The smallest absolute Gasteiger partial charge is 0.253 e. The molecule has 0 radical (unpaired) electrons. The fraction of sp³-hybridized carbons (Fsp3) is 0.267. The van der Waals surface area contributed by atoms with Crippen molar-refractivity contribution in [2.45, 2.75) is 11.4 Å². The van der Waals surface area contributed by atoms with E-state index in [-0.39, 0.29) is 22.1 Å². The second-order valence-corrected chi connectivity index (χ2v) is 8.73. The van der Waals surface area contributed by atoms with Gasteiger partial charge in [-0.2, -0.15) is 0 Å². The molecular formula is C15H17BrN2O4S2. The van der Waals surface area contributed by atoms with Gasteiger partial charge in [0.1, 0.15) is 10.6 Å². The molecule has 1 N–H and O–H groups in total. The van der Waals surface area contributed by atoms with Crippen LogP contribution in [0.3, 0.4) is 0 Å². The molecule has 0 aliphatic rings. The maximum atomic E-state index is 12.6. The van der Waals surface area contributed by atoms with E-state index in [0.29, 0.717) is 6.54 Å². The Balaban J connectivity index is 2.30. The predicted octanol–water partition coefficient (Wildman–Crippen LogP) is 2.70. The summed E-state index contributed by atoms with van der Waals surface area (Å²) >= 11 is 4.92. The Labute approximate surface area is 153 Å². The number of carbonyl (C=O) groups is 1. The number of thiophene rings is 1. The summed E-state index contributed by atoms with van der Waals surface area (Å²) < 4.78 is 32.5. The van der Waals surface area contributed by atoms with Crippen molar-refractivity contribution in [3.8, 4) is 5.75 Å². The monoisotopic (exact) mass is 432 g/mol. The van der Waals surface area contributed by atoms with Crippen LogP contribution in [0.15, 0.2) is 39.0 Å². The Kier molecular flexibility index (Phi) is 6.02. The number of halogens is 1. The summed E-state index contributed by atoms with van der Waals surface area (Å²) in [6, 6.07) is 6.30. The molecule has 0 aliphatic heterocycles. The van der Waals surface area contributed by atoms with Crippen molar-refractivity contribution in [1.29, 1.82) is 0 Å². The maximum absolute atomic E-state index is 12.6. The molecule has 0 spiro atoms. The van der Waals surface area contributed by atoms with Gasteiger partial charge >= 0.3 is 0 Å². The van der Waals surface area contributed by atoms with Gasteiger partial charge in [-0.1, -0.05) is 0 Å². The Morgan fingerprint density at radius 2 is 2.08 bits per heavy atom. The lowest BCUT2D eigenvalue weighted by molar-refractivity contribution is 0.0786. The van der Waals surface area contributed by atoms with Crippen LogP contribution in [0.25, 0.3) is 0 Å². The molecule has 2 aromatic rings. The molecule has 0 fully saturated rings. The first-order valence-corrected chi connectivity index (χ1v) is 10.0. The zero-order chi connectivity index (χ0) is 17.9. The van der Waals surface area contributed by atoms with Crippen LogP contribution in [0.4, 0.5) is 0 Å². The van der Waals surface area contributed by atoms with E-state index in [4.69, 9.17) is 4.74 Å². The summed E-state index contributed by atoms with van der Waals surface area (Å²) in [5, 5.41) is 1.94. The molecule has 0 atom stereocenters. The molecule has 9 heteroatoms. The highest BCUT2D eigenvalue weighted by molar-refractivity contribution is 9.10. The lowest BCUT2D eigenvalue weighted by Crippen LogP contribution is -2.26. The number of rotatable bonds is 6. The molecule has 1 heterocycles. The van der Waals surface area contributed by atoms with Gasteiger partial charge in [-0.25, -0.2) is 13.1 Å². The van der Waals surface area contributed by atoms with Gasteiger partial charge in [0.25, 0.3) is 5.91 Å². The number of carbonyl (C=O) groups excluding carboxylic acids is 1. The van der Waals surface area contributed by atoms with Crippen LogP contribution in [0.5, 0.6) is 5.75 Å². The Morgan fingerprint density at radius 1 is 1.38 bits per heavy atom. The van der Waals surface area contributed by atoms with Crippen LogP contribution in [-0.2, 0) is 16.6 Å². The van der Waals surface area contributed by atoms with E-state index in [9.17, 15) is 13.2 Å². The van der Waals surface area contributed by atoms with Crippen LogP contribution in [0, 0.1) is 0 Å². The summed E-state index contributed by atoms with van der Waals surface area (Å²) in [7, 11) is 0.636. The van der Waals surface area contributed by atoms with E-state index in [0.717, 1.165) is 9.35 Å². The number of hydrogen-bond donors (Lipinski definition) is 1. The molecule has 130 valence electrons. The number of amides is 1. The topological polar surface area (TPSA) is 75.7 Å². The zero-order valence-electron chi connectivity index (χ0n) is 13.4. The number of sulfonamides is 1. The molecule has 0 unspecified atom stereocenters. The van der Waals surface area contributed by atoms with E-state index in [1.807, 2.05) is 11.4 Å². The van der Waals surface area contributed by atoms with E-state index in [2.05, 4.69) is 20.7 Å². The quantitative estimate of drug-likeness (QED) is 0.760. The van der Waals surface area contributed by atoms with Crippen molar-refractivity contribution in [3.63, 3.8) is 0 Å². The van der Waals surface area contributed by atoms with Crippen LogP contribution in [0.2, 0.25) is 0 Å². The number of methoxy groups -OCH3 is 1. The van der Waals surface area contributed by atoms with E-state index in [1.165, 1.54) is 31.2 Å². The van der Waals surface area contributed by atoms with E-state index in [1.54, 1.807) is 24.5 Å². The minimum Gasteiger partial charge on any atom is -0.495 e. The standard InChI is InChI=1S/C15H17BrN2O4S2/c1-17-24(20,21)14-6-10(4-5-13(14)22-3)15(19)18(2)8-12-7-11(16)9-23-12/h4-7,9,17H,8H2,1-3H3. The third-order valence-corrected chi connectivity index (χ3v) is 6.45. The van der Waals surface area contributed by atoms with Gasteiger partial charge in [-0.15, -0.1) is 11.3 Å². The average Bonchev–Trinajstić information content (AvgIpc) is 2.98. The summed E-state index contributed by atoms with van der Waals surface area (Å²) in [5.41, 5.74) is 0.280. The van der Waals surface area contributed by atoms with Crippen molar-refractivity contribution in [2.75, 3.05) is 21.2 Å². The molecule has 1 aromatic heterocycles. The van der Waals surface area contributed by atoms with Gasteiger partial charge in [0, 0.05) is 27.3 Å². The van der Waals surface area contributed by atoms with Gasteiger partial charge in [0.05, 0.1) is 13.7 Å². The Bertz CT molecular complexity index is 849. The van der Waals surface area contributed by atoms with Crippen LogP contribution >= 0.6 is 27.3 Å². The number of nitrogens with zero attached hydrogens (tertiary/aromatic N) is 1. The Morgan fingerprint density at radius 3 is 2.62 bits per heavy atom. The van der Waals surface area contributed by atoms with Crippen molar-refractivity contribution in [1.82, 2.24) is 9.62 Å². The second-order valence-electron chi connectivity index (χ2n) is 4.97. The minimum atomic E-state index is -3.73. The molecule has 0 aliphatic carbocycles. The van der Waals surface area contributed by atoms with Crippen LogP contribution in [0.1, 0.15) is 15.2 Å². The summed E-state index contributed by atoms with van der Waals surface area (Å²) in [4.78, 5) is 15.1. The second kappa shape index (κ2) is 7.64. The van der Waals surface area contributed by atoms with E-state index >= 15 is 0 Å². The summed E-state index contributed by atoms with van der Waals surface area (Å²) in [6.45, 7) is 0.440. The van der Waals surface area contributed by atoms with Crippen molar-refractivity contribution >= 4 is 43.2 Å². The molecule has 0 saturated carbocycles. The highest BCUT2D eigenvalue weighted by atomic mass is 79.9. The van der Waals surface area contributed by atoms with Crippen molar-refractivity contribution in [3.05, 3.63) is 44.6 Å². The lowest BCUT2D eigenvalue weighted by atomic mass is 10.2. The normalized spacial score (nSPS) is 11.3. The minimum absolute atomic E-state index is 0.0642.